The highest BCUT2D eigenvalue weighted by atomic mass is 32.2. The topological polar surface area (TPSA) is 49.9 Å². The number of likely N-dealkylation sites (N-methyl/N-ethyl adjacent to an activating group) is 1. The van der Waals surface area contributed by atoms with Gasteiger partial charge in [-0.15, -0.1) is 0 Å². The molecule has 3 fully saturated rings. The zero-order valence-corrected chi connectivity index (χ0v) is 16.6. The second-order valence-corrected chi connectivity index (χ2v) is 10.6. The maximum absolute atomic E-state index is 13.5. The normalized spacial score (nSPS) is 31.6. The highest BCUT2D eigenvalue weighted by Crippen LogP contribution is 2.48. The third kappa shape index (κ3) is 3.44. The van der Waals surface area contributed by atoms with Crippen LogP contribution in [0, 0.1) is 0 Å². The van der Waals surface area contributed by atoms with E-state index in [1.807, 2.05) is 36.6 Å². The molecule has 1 aliphatic heterocycles. The quantitative estimate of drug-likeness (QED) is 0.790. The minimum atomic E-state index is -3.32. The summed E-state index contributed by atoms with van der Waals surface area (Å²) in [5, 5.41) is -0.272. The van der Waals surface area contributed by atoms with E-state index in [2.05, 4.69) is 17.0 Å². The molecule has 3 unspecified atom stereocenters. The Balaban J connectivity index is 1.57. The Hall–Kier alpha value is -0.950. The molecule has 26 heavy (non-hydrogen) atoms. The monoisotopic (exact) mass is 378 g/mol. The summed E-state index contributed by atoms with van der Waals surface area (Å²) in [5.41, 5.74) is 0.904. The van der Waals surface area contributed by atoms with Crippen LogP contribution in [0.4, 0.5) is 0 Å². The van der Waals surface area contributed by atoms with Gasteiger partial charge in [0.2, 0.25) is 10.0 Å². The van der Waals surface area contributed by atoms with Crippen molar-refractivity contribution in [2.45, 2.75) is 54.9 Å². The number of hydrogen-bond donors (Lipinski definition) is 0. The van der Waals surface area contributed by atoms with E-state index in [1.54, 1.807) is 0 Å². The molecule has 0 radical (unpaired) electrons. The van der Waals surface area contributed by atoms with Crippen molar-refractivity contribution in [1.82, 2.24) is 9.21 Å². The highest BCUT2D eigenvalue weighted by molar-refractivity contribution is 7.90. The molecule has 1 saturated heterocycles. The fraction of sp³-hybridized carbons (Fsp3) is 0.700. The van der Waals surface area contributed by atoms with E-state index in [0.29, 0.717) is 19.7 Å². The SMILES string of the molecule is CN(C)CC1COC2(CCCC2)CN1S(=O)(=O)C1CC1c1ccccc1. The number of hydrogen-bond acceptors (Lipinski definition) is 4. The molecule has 2 saturated carbocycles. The number of nitrogens with zero attached hydrogens (tertiary/aromatic N) is 2. The van der Waals surface area contributed by atoms with Gasteiger partial charge in [-0.05, 0) is 38.9 Å². The summed E-state index contributed by atoms with van der Waals surface area (Å²) in [5.74, 6) is 0.142. The van der Waals surface area contributed by atoms with Gasteiger partial charge in [-0.1, -0.05) is 43.2 Å². The van der Waals surface area contributed by atoms with Crippen molar-refractivity contribution in [2.24, 2.45) is 0 Å². The molecule has 6 heteroatoms. The average molecular weight is 379 g/mol. The number of benzene rings is 1. The van der Waals surface area contributed by atoms with Crippen LogP contribution in [0.25, 0.3) is 0 Å². The molecule has 1 heterocycles. The lowest BCUT2D eigenvalue weighted by Crippen LogP contribution is -2.60. The van der Waals surface area contributed by atoms with Gasteiger partial charge >= 0.3 is 0 Å². The first kappa shape index (κ1) is 18.4. The minimum Gasteiger partial charge on any atom is -0.372 e. The fourth-order valence-corrected chi connectivity index (χ4v) is 7.05. The molecule has 0 bridgehead atoms. The Morgan fingerprint density at radius 3 is 2.54 bits per heavy atom. The van der Waals surface area contributed by atoms with E-state index >= 15 is 0 Å². The van der Waals surface area contributed by atoms with E-state index < -0.39 is 10.0 Å². The average Bonchev–Trinajstić information content (AvgIpc) is 3.32. The molecule has 3 aliphatic rings. The van der Waals surface area contributed by atoms with Crippen molar-refractivity contribution in [3.05, 3.63) is 35.9 Å². The fourth-order valence-electron chi connectivity index (χ4n) is 4.73. The van der Waals surface area contributed by atoms with Crippen LogP contribution in [0.1, 0.15) is 43.6 Å². The van der Waals surface area contributed by atoms with Crippen LogP contribution in [0.2, 0.25) is 0 Å². The number of morpholine rings is 1. The Labute approximate surface area is 157 Å². The van der Waals surface area contributed by atoms with Crippen molar-refractivity contribution in [1.29, 1.82) is 0 Å². The molecular formula is C20H30N2O3S. The third-order valence-electron chi connectivity index (χ3n) is 6.19. The molecule has 144 valence electrons. The van der Waals surface area contributed by atoms with Crippen LogP contribution < -0.4 is 0 Å². The lowest BCUT2D eigenvalue weighted by atomic mass is 9.99. The van der Waals surface area contributed by atoms with E-state index in [1.165, 1.54) is 0 Å². The summed E-state index contributed by atoms with van der Waals surface area (Å²) in [4.78, 5) is 2.06. The Bertz CT molecular complexity index is 729. The van der Waals surface area contributed by atoms with Crippen LogP contribution in [-0.2, 0) is 14.8 Å². The zero-order valence-electron chi connectivity index (χ0n) is 15.8. The summed E-state index contributed by atoms with van der Waals surface area (Å²) < 4.78 is 35.1. The Kier molecular flexibility index (Phi) is 4.88. The smallest absolute Gasteiger partial charge is 0.218 e. The maximum atomic E-state index is 13.5. The van der Waals surface area contributed by atoms with Crippen LogP contribution in [0.5, 0.6) is 0 Å². The molecule has 2 aliphatic carbocycles. The summed E-state index contributed by atoms with van der Waals surface area (Å²) in [6.07, 6.45) is 5.00. The second kappa shape index (κ2) is 6.89. The molecular weight excluding hydrogens is 348 g/mol. The van der Waals surface area contributed by atoms with Gasteiger partial charge in [0.25, 0.3) is 0 Å². The van der Waals surface area contributed by atoms with Gasteiger partial charge in [0, 0.05) is 19.0 Å². The van der Waals surface area contributed by atoms with Crippen LogP contribution in [0.3, 0.4) is 0 Å². The third-order valence-corrected chi connectivity index (χ3v) is 8.56. The first-order chi connectivity index (χ1) is 12.4. The van der Waals surface area contributed by atoms with Crippen molar-refractivity contribution in [2.75, 3.05) is 33.8 Å². The van der Waals surface area contributed by atoms with Crippen molar-refractivity contribution in [3.63, 3.8) is 0 Å². The zero-order chi connectivity index (χ0) is 18.4. The van der Waals surface area contributed by atoms with Crippen LogP contribution >= 0.6 is 0 Å². The summed E-state index contributed by atoms with van der Waals surface area (Å²) in [6.45, 7) is 1.75. The van der Waals surface area contributed by atoms with Gasteiger partial charge in [0.05, 0.1) is 23.5 Å². The number of sulfonamides is 1. The summed E-state index contributed by atoms with van der Waals surface area (Å²) >= 11 is 0. The van der Waals surface area contributed by atoms with E-state index in [9.17, 15) is 8.42 Å². The Morgan fingerprint density at radius 2 is 1.88 bits per heavy atom. The largest absolute Gasteiger partial charge is 0.372 e. The maximum Gasteiger partial charge on any atom is 0.218 e. The molecule has 0 N–H and O–H groups in total. The van der Waals surface area contributed by atoms with Gasteiger partial charge in [-0.25, -0.2) is 8.42 Å². The molecule has 4 rings (SSSR count). The highest BCUT2D eigenvalue weighted by Gasteiger charge is 2.55. The van der Waals surface area contributed by atoms with Gasteiger partial charge in [0.1, 0.15) is 0 Å². The lowest BCUT2D eigenvalue weighted by molar-refractivity contribution is -0.109. The number of ether oxygens (including phenoxy) is 1. The molecule has 1 aromatic rings. The number of rotatable bonds is 5. The van der Waals surface area contributed by atoms with Crippen LogP contribution in [-0.4, -0.2) is 68.3 Å². The summed E-state index contributed by atoms with van der Waals surface area (Å²) in [6, 6.07) is 9.99. The molecule has 3 atom stereocenters. The molecule has 1 aromatic carbocycles. The molecule has 0 aromatic heterocycles. The van der Waals surface area contributed by atoms with Crippen LogP contribution in [0.15, 0.2) is 30.3 Å². The van der Waals surface area contributed by atoms with E-state index in [4.69, 9.17) is 4.74 Å². The van der Waals surface area contributed by atoms with Crippen molar-refractivity contribution < 1.29 is 13.2 Å². The second-order valence-electron chi connectivity index (χ2n) is 8.50. The van der Waals surface area contributed by atoms with Gasteiger partial charge in [0.15, 0.2) is 0 Å². The van der Waals surface area contributed by atoms with E-state index in [0.717, 1.165) is 37.7 Å². The summed E-state index contributed by atoms with van der Waals surface area (Å²) in [7, 11) is 0.672. The first-order valence-electron chi connectivity index (χ1n) is 9.76. The first-order valence-corrected chi connectivity index (χ1v) is 11.3. The predicted molar refractivity (Wildman–Crippen MR) is 103 cm³/mol. The van der Waals surface area contributed by atoms with Gasteiger partial charge in [-0.3, -0.25) is 0 Å². The van der Waals surface area contributed by atoms with Gasteiger partial charge < -0.3 is 9.64 Å². The molecule has 1 spiro atoms. The van der Waals surface area contributed by atoms with Gasteiger partial charge in [-0.2, -0.15) is 4.31 Å². The molecule has 5 nitrogen and oxygen atoms in total. The van der Waals surface area contributed by atoms with Crippen molar-refractivity contribution in [3.8, 4) is 0 Å². The van der Waals surface area contributed by atoms with Crippen molar-refractivity contribution >= 4 is 10.0 Å². The van der Waals surface area contributed by atoms with E-state index in [-0.39, 0.29) is 22.8 Å². The predicted octanol–water partition coefficient (Wildman–Crippen LogP) is 2.45. The molecule has 0 amide bonds. The standard InChI is InChI=1S/C20H30N2O3S/c1-21(2)13-17-14-25-20(10-6-7-11-20)15-22(17)26(23,24)19-12-18(19)16-8-4-3-5-9-16/h3-5,8-9,17-19H,6-7,10-15H2,1-2H3. The Morgan fingerprint density at radius 1 is 1.19 bits per heavy atom. The minimum absolute atomic E-state index is 0.0850. The lowest BCUT2D eigenvalue weighted by Gasteiger charge is -2.45.